The van der Waals surface area contributed by atoms with Crippen LogP contribution in [0, 0.1) is 0 Å². The van der Waals surface area contributed by atoms with Crippen molar-refractivity contribution in [3.05, 3.63) is 168 Å². The first kappa shape index (κ1) is 26.8. The smallest absolute Gasteiger partial charge is 0.00247 e. The third-order valence-corrected chi connectivity index (χ3v) is 18.1. The Bertz CT molecular complexity index is 2330. The summed E-state index contributed by atoms with van der Waals surface area (Å²) in [5.41, 5.74) is 11.7. The normalized spacial score (nSPS) is 14.9. The summed E-state index contributed by atoms with van der Waals surface area (Å²) in [6.07, 6.45) is 4.71. The maximum Gasteiger partial charge on any atom is -0.00247 e. The van der Waals surface area contributed by atoms with Gasteiger partial charge in [0.25, 0.3) is 0 Å². The van der Waals surface area contributed by atoms with Crippen LogP contribution in [0.15, 0.2) is 146 Å². The van der Waals surface area contributed by atoms with E-state index in [1.165, 1.54) is 101 Å². The molecule has 0 radical (unpaired) electrons. The first-order valence-electron chi connectivity index (χ1n) is 16.3. The fourth-order valence-electron chi connectivity index (χ4n) is 8.12. The minimum absolute atomic E-state index is 0.301. The lowest BCUT2D eigenvalue weighted by atomic mass is 9.88. The van der Waals surface area contributed by atoms with Crippen LogP contribution in [0.4, 0.5) is 0 Å². The van der Waals surface area contributed by atoms with Gasteiger partial charge in [0.15, 0.2) is 0 Å². The number of benzene rings is 8. The summed E-state index contributed by atoms with van der Waals surface area (Å²) >= 11 is 0. The average molecular weight is 623 g/mol. The predicted octanol–water partition coefficient (Wildman–Crippen LogP) is 13.2. The maximum atomic E-state index is 2.53. The largest absolute Gasteiger partial charge is 0.0714 e. The van der Waals surface area contributed by atoms with Gasteiger partial charge in [0.1, 0.15) is 0 Å². The quantitative estimate of drug-likeness (QED) is 0.160. The van der Waals surface area contributed by atoms with Crippen molar-refractivity contribution in [3.63, 3.8) is 0 Å². The molecule has 4 bridgehead atoms. The van der Waals surface area contributed by atoms with Gasteiger partial charge in [-0.1, -0.05) is 161 Å². The number of fused-ring (bicyclic) bond motifs is 10. The molecule has 0 N–H and O–H groups in total. The van der Waals surface area contributed by atoms with E-state index in [-0.39, 0.29) is 15.2 Å². The standard InChI is InChI=1S/C44H32P2/c1-3-11-37-31(7-1)19-21-35-27-46(28-36-22-20-32-8-2-4-12-38(32)44(36)43(35)37)45-25-29-15-17-33-9-5-13-39(41(33)23-29)40-14-6-10-34-18-16-30(26-45)24-42(34)40/h1-24H,25-28H2. The summed E-state index contributed by atoms with van der Waals surface area (Å²) in [5, 5.41) is 10.9. The average Bonchev–Trinajstić information content (AvgIpc) is 3.29. The number of hydrogen-bond donors (Lipinski definition) is 0. The molecule has 8 aromatic carbocycles. The minimum atomic E-state index is -0.311. The molecule has 10 rings (SSSR count). The molecule has 0 spiro atoms. The molecule has 2 heterocycles. The van der Waals surface area contributed by atoms with Crippen molar-refractivity contribution in [1.29, 1.82) is 0 Å². The highest BCUT2D eigenvalue weighted by atomic mass is 32.1. The van der Waals surface area contributed by atoms with Gasteiger partial charge in [-0.2, -0.15) is 0 Å². The molecule has 0 atom stereocenters. The van der Waals surface area contributed by atoms with Crippen molar-refractivity contribution < 1.29 is 0 Å². The van der Waals surface area contributed by atoms with Gasteiger partial charge in [-0.25, -0.2) is 0 Å². The van der Waals surface area contributed by atoms with Crippen molar-refractivity contribution in [3.8, 4) is 22.3 Å². The van der Waals surface area contributed by atoms with Gasteiger partial charge in [-0.05, 0) is 112 Å². The van der Waals surface area contributed by atoms with Crippen molar-refractivity contribution in [2.75, 3.05) is 0 Å². The molecule has 0 fully saturated rings. The van der Waals surface area contributed by atoms with Gasteiger partial charge in [-0.15, -0.1) is 0 Å². The van der Waals surface area contributed by atoms with Crippen LogP contribution in [0.2, 0.25) is 0 Å². The minimum Gasteiger partial charge on any atom is -0.0714 e. The van der Waals surface area contributed by atoms with Crippen molar-refractivity contribution >= 4 is 58.3 Å². The SMILES string of the molecule is c1cc2c3cc(ccc3c1)CP(P1Cc3ccc4ccccc4c3-c3c(ccc4ccccc34)C1)Cc1ccc3cccc-2c3c1. The van der Waals surface area contributed by atoms with Crippen LogP contribution in [0.25, 0.3) is 65.3 Å². The Morgan fingerprint density at radius 2 is 0.739 bits per heavy atom. The lowest BCUT2D eigenvalue weighted by Crippen LogP contribution is -1.93. The fraction of sp³-hybridized carbons (Fsp3) is 0.0909. The van der Waals surface area contributed by atoms with Gasteiger partial charge in [0, 0.05) is 0 Å². The third-order valence-electron chi connectivity index (χ3n) is 10.3. The van der Waals surface area contributed by atoms with Crippen molar-refractivity contribution in [2.45, 2.75) is 24.6 Å². The Morgan fingerprint density at radius 3 is 1.26 bits per heavy atom. The lowest BCUT2D eigenvalue weighted by Gasteiger charge is -2.29. The third kappa shape index (κ3) is 4.28. The van der Waals surface area contributed by atoms with Gasteiger partial charge in [0.2, 0.25) is 0 Å². The van der Waals surface area contributed by atoms with E-state index >= 15 is 0 Å². The van der Waals surface area contributed by atoms with E-state index in [4.69, 9.17) is 0 Å². The van der Waals surface area contributed by atoms with Crippen LogP contribution in [0.3, 0.4) is 0 Å². The maximum absolute atomic E-state index is 2.53. The van der Waals surface area contributed by atoms with Crippen LogP contribution in [0.5, 0.6) is 0 Å². The van der Waals surface area contributed by atoms with Gasteiger partial charge in [0.05, 0.1) is 0 Å². The van der Waals surface area contributed by atoms with Crippen molar-refractivity contribution in [2.24, 2.45) is 0 Å². The van der Waals surface area contributed by atoms with E-state index < -0.39 is 0 Å². The summed E-state index contributed by atoms with van der Waals surface area (Å²) in [4.78, 5) is 0. The van der Waals surface area contributed by atoms with E-state index in [1.807, 2.05) is 0 Å². The molecule has 2 heteroatoms. The Hall–Kier alpha value is -4.34. The topological polar surface area (TPSA) is 0 Å². The predicted molar refractivity (Wildman–Crippen MR) is 202 cm³/mol. The second-order valence-corrected chi connectivity index (χ2v) is 19.7. The molecule has 2 aliphatic rings. The molecule has 0 amide bonds. The van der Waals surface area contributed by atoms with Gasteiger partial charge >= 0.3 is 0 Å². The Balaban J connectivity index is 1.19. The molecule has 8 aromatic rings. The zero-order valence-corrected chi connectivity index (χ0v) is 27.4. The van der Waals surface area contributed by atoms with Gasteiger partial charge in [-0.3, -0.25) is 0 Å². The van der Waals surface area contributed by atoms with Crippen LogP contribution in [-0.2, 0) is 24.6 Å². The summed E-state index contributed by atoms with van der Waals surface area (Å²) < 4.78 is 0. The second-order valence-electron chi connectivity index (χ2n) is 13.0. The highest BCUT2D eigenvalue weighted by molar-refractivity contribution is 8.28. The molecule has 218 valence electrons. The molecular formula is C44H32P2. The molecule has 2 aliphatic heterocycles. The number of hydrogen-bond acceptors (Lipinski definition) is 0. The van der Waals surface area contributed by atoms with E-state index in [0.29, 0.717) is 0 Å². The monoisotopic (exact) mass is 622 g/mol. The first-order chi connectivity index (χ1) is 22.8. The fourth-order valence-corrected chi connectivity index (χ4v) is 16.0. The Kier molecular flexibility index (Phi) is 6.19. The molecular weight excluding hydrogens is 590 g/mol. The van der Waals surface area contributed by atoms with E-state index in [9.17, 15) is 0 Å². The van der Waals surface area contributed by atoms with Gasteiger partial charge < -0.3 is 0 Å². The Morgan fingerprint density at radius 1 is 0.326 bits per heavy atom. The molecule has 0 saturated carbocycles. The van der Waals surface area contributed by atoms with Crippen LogP contribution < -0.4 is 0 Å². The molecule has 0 nitrogen and oxygen atoms in total. The molecule has 0 saturated heterocycles. The summed E-state index contributed by atoms with van der Waals surface area (Å²) in [6, 6.07) is 56.1. The Labute approximate surface area is 272 Å². The van der Waals surface area contributed by atoms with Crippen molar-refractivity contribution in [1.82, 2.24) is 0 Å². The number of rotatable bonds is 1. The van der Waals surface area contributed by atoms with Crippen LogP contribution >= 0.6 is 15.2 Å². The van der Waals surface area contributed by atoms with E-state index in [0.717, 1.165) is 0 Å². The highest BCUT2D eigenvalue weighted by Crippen LogP contribution is 2.76. The second kappa shape index (κ2) is 10.6. The summed E-state index contributed by atoms with van der Waals surface area (Å²) in [7, 11) is -0.612. The first-order valence-corrected chi connectivity index (χ1v) is 20.4. The summed E-state index contributed by atoms with van der Waals surface area (Å²) in [6.45, 7) is 0. The van der Waals surface area contributed by atoms with E-state index in [2.05, 4.69) is 146 Å². The van der Waals surface area contributed by atoms with Crippen LogP contribution in [0.1, 0.15) is 22.3 Å². The highest BCUT2D eigenvalue weighted by Gasteiger charge is 2.30. The molecule has 0 unspecified atom stereocenters. The molecule has 0 aromatic heterocycles. The zero-order valence-electron chi connectivity index (χ0n) is 25.6. The van der Waals surface area contributed by atoms with Crippen LogP contribution in [-0.4, -0.2) is 0 Å². The van der Waals surface area contributed by atoms with E-state index in [1.54, 1.807) is 11.1 Å². The molecule has 46 heavy (non-hydrogen) atoms. The lowest BCUT2D eigenvalue weighted by molar-refractivity contribution is 1.34. The summed E-state index contributed by atoms with van der Waals surface area (Å²) in [5.74, 6) is 0. The molecule has 0 aliphatic carbocycles. The zero-order chi connectivity index (χ0) is 30.2.